The van der Waals surface area contributed by atoms with Crippen molar-refractivity contribution in [3.63, 3.8) is 0 Å². The highest BCUT2D eigenvalue weighted by atomic mass is 16.5. The molecule has 0 radical (unpaired) electrons. The second kappa shape index (κ2) is 10.9. The zero-order valence-electron chi connectivity index (χ0n) is 17.3. The molecule has 0 N–H and O–H groups in total. The molecule has 3 heteroatoms. The quantitative estimate of drug-likeness (QED) is 0.259. The van der Waals surface area contributed by atoms with Crippen LogP contribution in [0.15, 0.2) is 54.6 Å². The van der Waals surface area contributed by atoms with Crippen LogP contribution in [-0.2, 0) is 14.9 Å². The molecule has 1 aromatic rings. The van der Waals surface area contributed by atoms with Crippen molar-refractivity contribution >= 4 is 5.97 Å². The first-order valence-corrected chi connectivity index (χ1v) is 10.6. The molecule has 0 bridgehead atoms. The third kappa shape index (κ3) is 5.83. The van der Waals surface area contributed by atoms with Crippen molar-refractivity contribution in [1.82, 2.24) is 0 Å². The van der Waals surface area contributed by atoms with Gasteiger partial charge in [0, 0.05) is 11.8 Å². The van der Waals surface area contributed by atoms with Crippen molar-refractivity contribution in [2.45, 2.75) is 70.6 Å². The Balaban J connectivity index is 2.00. The monoisotopic (exact) mass is 379 g/mol. The van der Waals surface area contributed by atoms with Crippen LogP contribution < -0.4 is 0 Å². The Morgan fingerprint density at radius 3 is 2.29 bits per heavy atom. The van der Waals surface area contributed by atoms with Crippen LogP contribution in [-0.4, -0.2) is 12.6 Å². The fourth-order valence-corrected chi connectivity index (χ4v) is 3.82. The number of esters is 1. The predicted octanol–water partition coefficient (Wildman–Crippen LogP) is 6.26. The van der Waals surface area contributed by atoms with Gasteiger partial charge in [-0.05, 0) is 31.7 Å². The van der Waals surface area contributed by atoms with Gasteiger partial charge in [-0.15, -0.1) is 0 Å². The molecular formula is C25H33NO2. The Morgan fingerprint density at radius 2 is 1.68 bits per heavy atom. The van der Waals surface area contributed by atoms with Gasteiger partial charge in [-0.2, -0.15) is 5.26 Å². The van der Waals surface area contributed by atoms with Gasteiger partial charge in [-0.1, -0.05) is 87.2 Å². The molecule has 1 aliphatic carbocycles. The molecule has 28 heavy (non-hydrogen) atoms. The van der Waals surface area contributed by atoms with Crippen molar-refractivity contribution in [3.8, 4) is 6.07 Å². The van der Waals surface area contributed by atoms with Crippen LogP contribution in [0.25, 0.3) is 0 Å². The highest BCUT2D eigenvalue weighted by molar-refractivity contribution is 5.69. The minimum absolute atomic E-state index is 0.110. The first-order valence-electron chi connectivity index (χ1n) is 10.6. The normalized spacial score (nSPS) is 23.3. The summed E-state index contributed by atoms with van der Waals surface area (Å²) in [7, 11) is 0. The maximum Gasteiger partial charge on any atom is 0.305 e. The van der Waals surface area contributed by atoms with E-state index in [9.17, 15) is 10.1 Å². The summed E-state index contributed by atoms with van der Waals surface area (Å²) in [5.74, 6) is -0.126. The Morgan fingerprint density at radius 1 is 0.964 bits per heavy atom. The van der Waals surface area contributed by atoms with Gasteiger partial charge in [0.15, 0.2) is 0 Å². The average molecular weight is 380 g/mol. The molecule has 0 fully saturated rings. The van der Waals surface area contributed by atoms with E-state index in [4.69, 9.17) is 4.74 Å². The summed E-state index contributed by atoms with van der Waals surface area (Å²) in [5.41, 5.74) is 0.646. The highest BCUT2D eigenvalue weighted by Gasteiger charge is 2.34. The summed E-state index contributed by atoms with van der Waals surface area (Å²) in [6.45, 7) is 4.48. The average Bonchev–Trinajstić information content (AvgIpc) is 2.74. The molecule has 0 heterocycles. The third-order valence-electron chi connectivity index (χ3n) is 5.60. The van der Waals surface area contributed by atoms with Crippen molar-refractivity contribution in [2.24, 2.45) is 5.41 Å². The van der Waals surface area contributed by atoms with Crippen LogP contribution in [0.4, 0.5) is 0 Å². The number of carbonyl (C=O) groups excluding carboxylic acids is 1. The van der Waals surface area contributed by atoms with E-state index >= 15 is 0 Å². The standard InChI is InChI=1S/C25H33NO2/c1-3-5-16-25(22-12-8-6-9-13-22)19-17-24(21-26,18-20-25)15-11-7-10-14-23(27)28-4-2/h6,8-9,12-13,17-20H,3-5,7,10-11,14-16H2,1-2H3. The van der Waals surface area contributed by atoms with Gasteiger partial charge < -0.3 is 4.74 Å². The fourth-order valence-electron chi connectivity index (χ4n) is 3.82. The number of benzene rings is 1. The summed E-state index contributed by atoms with van der Waals surface area (Å²) >= 11 is 0. The van der Waals surface area contributed by atoms with Crippen LogP contribution >= 0.6 is 0 Å². The predicted molar refractivity (Wildman–Crippen MR) is 114 cm³/mol. The largest absolute Gasteiger partial charge is 0.466 e. The van der Waals surface area contributed by atoms with Crippen LogP contribution in [0.5, 0.6) is 0 Å². The smallest absolute Gasteiger partial charge is 0.305 e. The molecule has 1 aliphatic rings. The second-order valence-electron chi connectivity index (χ2n) is 7.69. The van der Waals surface area contributed by atoms with E-state index in [0.717, 1.165) is 44.9 Å². The van der Waals surface area contributed by atoms with Crippen molar-refractivity contribution < 1.29 is 9.53 Å². The molecule has 0 saturated carbocycles. The van der Waals surface area contributed by atoms with Gasteiger partial charge in [0.1, 0.15) is 0 Å². The summed E-state index contributed by atoms with van der Waals surface area (Å²) in [6.07, 6.45) is 16.0. The highest BCUT2D eigenvalue weighted by Crippen LogP contribution is 2.41. The van der Waals surface area contributed by atoms with E-state index in [-0.39, 0.29) is 11.4 Å². The van der Waals surface area contributed by atoms with Gasteiger partial charge in [-0.3, -0.25) is 4.79 Å². The van der Waals surface area contributed by atoms with E-state index in [2.05, 4.69) is 61.6 Å². The maximum absolute atomic E-state index is 11.4. The van der Waals surface area contributed by atoms with Gasteiger partial charge >= 0.3 is 5.97 Å². The topological polar surface area (TPSA) is 50.1 Å². The number of nitrogens with zero attached hydrogens (tertiary/aromatic N) is 1. The lowest BCUT2D eigenvalue weighted by atomic mass is 9.68. The lowest BCUT2D eigenvalue weighted by Crippen LogP contribution is -2.27. The van der Waals surface area contributed by atoms with Gasteiger partial charge in [0.05, 0.1) is 18.1 Å². The molecule has 0 amide bonds. The van der Waals surface area contributed by atoms with E-state index < -0.39 is 5.41 Å². The number of nitriles is 1. The molecule has 0 unspecified atom stereocenters. The lowest BCUT2D eigenvalue weighted by molar-refractivity contribution is -0.143. The maximum atomic E-state index is 11.4. The summed E-state index contributed by atoms with van der Waals surface area (Å²) < 4.78 is 4.96. The van der Waals surface area contributed by atoms with Crippen LogP contribution in [0.3, 0.4) is 0 Å². The molecule has 1 aromatic carbocycles. The summed E-state index contributed by atoms with van der Waals surface area (Å²) in [5, 5.41) is 9.85. The van der Waals surface area contributed by atoms with Crippen molar-refractivity contribution in [3.05, 3.63) is 60.2 Å². The molecule has 0 spiro atoms. The molecule has 2 rings (SSSR count). The molecule has 0 saturated heterocycles. The van der Waals surface area contributed by atoms with E-state index in [0.29, 0.717) is 13.0 Å². The molecule has 0 aliphatic heterocycles. The van der Waals surface area contributed by atoms with Gasteiger partial charge in [0.25, 0.3) is 0 Å². The molecule has 3 nitrogen and oxygen atoms in total. The van der Waals surface area contributed by atoms with Crippen LogP contribution in [0, 0.1) is 16.7 Å². The number of hydrogen-bond donors (Lipinski definition) is 0. The molecule has 0 aromatic heterocycles. The Hall–Kier alpha value is -2.34. The zero-order chi connectivity index (χ0) is 20.3. The first kappa shape index (κ1) is 22.0. The summed E-state index contributed by atoms with van der Waals surface area (Å²) in [4.78, 5) is 11.4. The van der Waals surface area contributed by atoms with Crippen molar-refractivity contribution in [1.29, 1.82) is 5.26 Å². The Labute approximate surface area is 170 Å². The fraction of sp³-hybridized carbons (Fsp3) is 0.520. The number of ether oxygens (including phenoxy) is 1. The number of hydrogen-bond acceptors (Lipinski definition) is 3. The van der Waals surface area contributed by atoms with E-state index in [1.54, 1.807) is 0 Å². The molecular weight excluding hydrogens is 346 g/mol. The van der Waals surface area contributed by atoms with E-state index in [1.165, 1.54) is 5.56 Å². The Kier molecular flexibility index (Phi) is 8.51. The Bertz CT molecular complexity index is 698. The number of carbonyl (C=O) groups is 1. The SMILES string of the molecule is CCCCC1(c2ccccc2)C=CC(C#N)(CCCCCC(=O)OCC)C=C1. The van der Waals surface area contributed by atoms with E-state index in [1.807, 2.05) is 13.0 Å². The molecule has 0 atom stereocenters. The lowest BCUT2D eigenvalue weighted by Gasteiger charge is -2.34. The first-order chi connectivity index (χ1) is 13.6. The van der Waals surface area contributed by atoms with Crippen molar-refractivity contribution in [2.75, 3.05) is 6.61 Å². The minimum atomic E-state index is -0.533. The number of allylic oxidation sites excluding steroid dienone is 4. The zero-order valence-corrected chi connectivity index (χ0v) is 17.3. The number of rotatable bonds is 11. The van der Waals surface area contributed by atoms with Crippen LogP contribution in [0.2, 0.25) is 0 Å². The summed E-state index contributed by atoms with van der Waals surface area (Å²) in [6, 6.07) is 13.1. The minimum Gasteiger partial charge on any atom is -0.466 e. The second-order valence-corrected chi connectivity index (χ2v) is 7.69. The van der Waals surface area contributed by atoms with Crippen LogP contribution in [0.1, 0.15) is 70.8 Å². The molecule has 150 valence electrons. The van der Waals surface area contributed by atoms with Gasteiger partial charge in [0.2, 0.25) is 0 Å². The van der Waals surface area contributed by atoms with Gasteiger partial charge in [-0.25, -0.2) is 0 Å². The third-order valence-corrected chi connectivity index (χ3v) is 5.60. The number of unbranched alkanes of at least 4 members (excludes halogenated alkanes) is 3.